The molecule has 0 aliphatic rings. The zero-order chi connectivity index (χ0) is 16.9. The maximum atomic E-state index is 12.5. The molecule has 3 aromatic rings. The third-order valence-corrected chi connectivity index (χ3v) is 3.71. The highest BCUT2D eigenvalue weighted by Gasteiger charge is 2.17. The minimum atomic E-state index is -0.184. The second-order valence-electron chi connectivity index (χ2n) is 5.45. The summed E-state index contributed by atoms with van der Waals surface area (Å²) in [5.41, 5.74) is 2.20. The molecule has 1 heterocycles. The van der Waals surface area contributed by atoms with E-state index in [9.17, 15) is 4.79 Å². The molecule has 1 aromatic heterocycles. The second-order valence-corrected chi connectivity index (χ2v) is 5.45. The van der Waals surface area contributed by atoms with Gasteiger partial charge in [-0.2, -0.15) is 0 Å². The van der Waals surface area contributed by atoms with E-state index in [1.54, 1.807) is 25.1 Å². The number of rotatable bonds is 5. The molecule has 0 saturated heterocycles. The highest BCUT2D eigenvalue weighted by atomic mass is 16.5. The Morgan fingerprint density at radius 3 is 2.50 bits per heavy atom. The average molecular weight is 322 g/mol. The summed E-state index contributed by atoms with van der Waals surface area (Å²) in [6, 6.07) is 18.9. The lowest BCUT2D eigenvalue weighted by molar-refractivity contribution is 0.0775. The number of ether oxygens (including phenoxy) is 1. The number of aromatic nitrogens is 1. The van der Waals surface area contributed by atoms with E-state index in [1.807, 2.05) is 54.6 Å². The van der Waals surface area contributed by atoms with Crippen molar-refractivity contribution in [1.82, 2.24) is 10.1 Å². The van der Waals surface area contributed by atoms with Gasteiger partial charge in [-0.1, -0.05) is 47.6 Å². The van der Waals surface area contributed by atoms with E-state index in [0.717, 1.165) is 16.9 Å². The molecule has 1 amide bonds. The predicted octanol–water partition coefficient (Wildman–Crippen LogP) is 3.62. The highest BCUT2D eigenvalue weighted by Crippen LogP contribution is 2.20. The zero-order valence-corrected chi connectivity index (χ0v) is 13.6. The van der Waals surface area contributed by atoms with Gasteiger partial charge in [-0.3, -0.25) is 4.79 Å². The Labute approximate surface area is 140 Å². The summed E-state index contributed by atoms with van der Waals surface area (Å²) in [4.78, 5) is 14.1. The highest BCUT2D eigenvalue weighted by molar-refractivity contribution is 5.92. The lowest BCUT2D eigenvalue weighted by Crippen LogP contribution is -2.26. The van der Waals surface area contributed by atoms with Crippen molar-refractivity contribution in [3.63, 3.8) is 0 Å². The molecular formula is C19H18N2O3. The molecule has 24 heavy (non-hydrogen) atoms. The Morgan fingerprint density at radius 1 is 1.12 bits per heavy atom. The molecule has 5 heteroatoms. The summed E-state index contributed by atoms with van der Waals surface area (Å²) in [6.07, 6.45) is 0. The van der Waals surface area contributed by atoms with Crippen LogP contribution in [0.2, 0.25) is 0 Å². The van der Waals surface area contributed by atoms with Gasteiger partial charge in [0.15, 0.2) is 11.5 Å². The van der Waals surface area contributed by atoms with Gasteiger partial charge in [-0.05, 0) is 17.7 Å². The summed E-state index contributed by atoms with van der Waals surface area (Å²) >= 11 is 0. The van der Waals surface area contributed by atoms with Gasteiger partial charge in [0, 0.05) is 25.2 Å². The summed E-state index contributed by atoms with van der Waals surface area (Å²) in [5, 5.41) is 3.90. The van der Waals surface area contributed by atoms with Gasteiger partial charge in [0.05, 0.1) is 7.11 Å². The van der Waals surface area contributed by atoms with Gasteiger partial charge in [-0.25, -0.2) is 0 Å². The summed E-state index contributed by atoms with van der Waals surface area (Å²) in [7, 11) is 3.36. The third-order valence-electron chi connectivity index (χ3n) is 3.71. The van der Waals surface area contributed by atoms with Crippen molar-refractivity contribution in [2.45, 2.75) is 6.54 Å². The summed E-state index contributed by atoms with van der Waals surface area (Å²) in [5.74, 6) is 1.19. The molecule has 0 unspecified atom stereocenters. The smallest absolute Gasteiger partial charge is 0.276 e. The van der Waals surface area contributed by atoms with E-state index in [-0.39, 0.29) is 5.91 Å². The number of nitrogens with zero attached hydrogens (tertiary/aromatic N) is 2. The second kappa shape index (κ2) is 7.00. The lowest BCUT2D eigenvalue weighted by atomic mass is 10.1. The van der Waals surface area contributed by atoms with Crippen molar-refractivity contribution in [2.24, 2.45) is 0 Å². The van der Waals surface area contributed by atoms with Crippen molar-refractivity contribution >= 4 is 5.91 Å². The number of carbonyl (C=O) groups excluding carboxylic acids is 1. The molecule has 5 nitrogen and oxygen atoms in total. The normalized spacial score (nSPS) is 10.4. The fourth-order valence-corrected chi connectivity index (χ4v) is 2.39. The number of hydrogen-bond donors (Lipinski definition) is 0. The van der Waals surface area contributed by atoms with Crippen molar-refractivity contribution in [2.75, 3.05) is 14.2 Å². The van der Waals surface area contributed by atoms with Crippen molar-refractivity contribution in [3.8, 4) is 17.1 Å². The molecule has 0 aliphatic carbocycles. The van der Waals surface area contributed by atoms with Crippen LogP contribution in [-0.4, -0.2) is 30.1 Å². The molecule has 122 valence electrons. The van der Waals surface area contributed by atoms with Gasteiger partial charge in [0.2, 0.25) is 0 Å². The quantitative estimate of drug-likeness (QED) is 0.720. The largest absolute Gasteiger partial charge is 0.497 e. The molecule has 0 fully saturated rings. The molecule has 0 saturated carbocycles. The Kier molecular flexibility index (Phi) is 4.61. The minimum Gasteiger partial charge on any atom is -0.497 e. The van der Waals surface area contributed by atoms with Gasteiger partial charge in [-0.15, -0.1) is 0 Å². The molecular weight excluding hydrogens is 304 g/mol. The maximum absolute atomic E-state index is 12.5. The monoisotopic (exact) mass is 322 g/mol. The fraction of sp³-hybridized carbons (Fsp3) is 0.158. The van der Waals surface area contributed by atoms with E-state index in [2.05, 4.69) is 5.16 Å². The number of benzene rings is 2. The van der Waals surface area contributed by atoms with Gasteiger partial charge in [0.1, 0.15) is 5.75 Å². The van der Waals surface area contributed by atoms with E-state index in [0.29, 0.717) is 18.0 Å². The van der Waals surface area contributed by atoms with E-state index >= 15 is 0 Å². The first kappa shape index (κ1) is 15.8. The average Bonchev–Trinajstić information content (AvgIpc) is 3.12. The van der Waals surface area contributed by atoms with Crippen LogP contribution in [0.5, 0.6) is 5.75 Å². The number of methoxy groups -OCH3 is 1. The Hall–Kier alpha value is -3.08. The SMILES string of the molecule is COc1ccc(CN(C)C(=O)c2cc(-c3ccccc3)on2)cc1. The first-order chi connectivity index (χ1) is 11.7. The molecule has 2 aromatic carbocycles. The van der Waals surface area contributed by atoms with Gasteiger partial charge >= 0.3 is 0 Å². The van der Waals surface area contributed by atoms with E-state index < -0.39 is 0 Å². The molecule has 0 spiro atoms. The van der Waals surface area contributed by atoms with Crippen LogP contribution in [0, 0.1) is 0 Å². The Bertz CT molecular complexity index is 810. The van der Waals surface area contributed by atoms with Crippen LogP contribution < -0.4 is 4.74 Å². The lowest BCUT2D eigenvalue weighted by Gasteiger charge is -2.15. The van der Waals surface area contributed by atoms with Crippen LogP contribution in [0.25, 0.3) is 11.3 Å². The van der Waals surface area contributed by atoms with Gasteiger partial charge < -0.3 is 14.2 Å². The van der Waals surface area contributed by atoms with Crippen LogP contribution >= 0.6 is 0 Å². The molecule has 0 radical (unpaired) electrons. The van der Waals surface area contributed by atoms with Crippen LogP contribution in [0.15, 0.2) is 65.2 Å². The van der Waals surface area contributed by atoms with E-state index in [1.165, 1.54) is 0 Å². The Balaban J connectivity index is 1.70. The van der Waals surface area contributed by atoms with E-state index in [4.69, 9.17) is 9.26 Å². The molecule has 0 N–H and O–H groups in total. The number of carbonyl (C=O) groups is 1. The van der Waals surface area contributed by atoms with Crippen LogP contribution in [-0.2, 0) is 6.54 Å². The van der Waals surface area contributed by atoms with Crippen LogP contribution in [0.4, 0.5) is 0 Å². The Morgan fingerprint density at radius 2 is 1.83 bits per heavy atom. The topological polar surface area (TPSA) is 55.6 Å². The third kappa shape index (κ3) is 3.46. The van der Waals surface area contributed by atoms with Crippen molar-refractivity contribution < 1.29 is 14.1 Å². The number of amides is 1. The van der Waals surface area contributed by atoms with Gasteiger partial charge in [0.25, 0.3) is 5.91 Å². The van der Waals surface area contributed by atoms with Crippen LogP contribution in [0.1, 0.15) is 16.1 Å². The summed E-state index contributed by atoms with van der Waals surface area (Å²) < 4.78 is 10.4. The number of hydrogen-bond acceptors (Lipinski definition) is 4. The molecule has 0 atom stereocenters. The zero-order valence-electron chi connectivity index (χ0n) is 13.6. The minimum absolute atomic E-state index is 0.184. The maximum Gasteiger partial charge on any atom is 0.276 e. The molecule has 0 bridgehead atoms. The summed E-state index contributed by atoms with van der Waals surface area (Å²) in [6.45, 7) is 0.482. The standard InChI is InChI=1S/C19H18N2O3/c1-21(13-14-8-10-16(23-2)11-9-14)19(22)17-12-18(24-20-17)15-6-4-3-5-7-15/h3-12H,13H2,1-2H3. The fourth-order valence-electron chi connectivity index (χ4n) is 2.39. The molecule has 3 rings (SSSR count). The first-order valence-electron chi connectivity index (χ1n) is 7.58. The van der Waals surface area contributed by atoms with Crippen molar-refractivity contribution in [1.29, 1.82) is 0 Å². The molecule has 0 aliphatic heterocycles. The van der Waals surface area contributed by atoms with Crippen molar-refractivity contribution in [3.05, 3.63) is 71.9 Å². The van der Waals surface area contributed by atoms with Crippen LogP contribution in [0.3, 0.4) is 0 Å². The predicted molar refractivity (Wildman–Crippen MR) is 90.7 cm³/mol. The first-order valence-corrected chi connectivity index (χ1v) is 7.58.